The summed E-state index contributed by atoms with van der Waals surface area (Å²) in [5.41, 5.74) is 0. The van der Waals surface area contributed by atoms with Crippen LogP contribution in [0, 0.1) is 6.41 Å². The van der Waals surface area contributed by atoms with Crippen LogP contribution in [0.25, 0.3) is 0 Å². The van der Waals surface area contributed by atoms with Crippen LogP contribution in [0.15, 0.2) is 0 Å². The van der Waals surface area contributed by atoms with Crippen molar-refractivity contribution in [2.75, 3.05) is 13.2 Å². The summed E-state index contributed by atoms with van der Waals surface area (Å²) < 4.78 is 9.58. The number of hydrogen-bond acceptors (Lipinski definition) is 3. The standard InChI is InChI=1S/C5H8NO3/c1-2-8-5-6-4(7)3-9-5/h2-3H2,1H3,(H,6,7)/q-1. The third kappa shape index (κ3) is 1.65. The number of carbonyl (C=O) groups is 1. The predicted molar refractivity (Wildman–Crippen MR) is 29.0 cm³/mol. The highest BCUT2D eigenvalue weighted by molar-refractivity contribution is 5.79. The van der Waals surface area contributed by atoms with Crippen molar-refractivity contribution in [1.29, 1.82) is 0 Å². The van der Waals surface area contributed by atoms with Gasteiger partial charge in [-0.25, -0.2) is 0 Å². The quantitative estimate of drug-likeness (QED) is 0.518. The summed E-state index contributed by atoms with van der Waals surface area (Å²) in [5, 5.41) is 2.39. The molecule has 0 spiro atoms. The van der Waals surface area contributed by atoms with Crippen LogP contribution in [0.3, 0.4) is 0 Å². The van der Waals surface area contributed by atoms with Crippen LogP contribution in [0.5, 0.6) is 0 Å². The summed E-state index contributed by atoms with van der Waals surface area (Å²) in [6.07, 6.45) is 0.225. The average Bonchev–Trinajstić information content (AvgIpc) is 2.17. The van der Waals surface area contributed by atoms with Crippen molar-refractivity contribution in [1.82, 2.24) is 5.32 Å². The highest BCUT2D eigenvalue weighted by Crippen LogP contribution is 2.05. The van der Waals surface area contributed by atoms with Gasteiger partial charge < -0.3 is 14.8 Å². The molecule has 1 amide bonds. The van der Waals surface area contributed by atoms with Crippen LogP contribution >= 0.6 is 0 Å². The molecule has 1 N–H and O–H groups in total. The van der Waals surface area contributed by atoms with Gasteiger partial charge in [0.2, 0.25) is 5.91 Å². The largest absolute Gasteiger partial charge is 0.501 e. The first-order chi connectivity index (χ1) is 4.33. The normalized spacial score (nSPS) is 20.3. The number of carbonyl (C=O) groups excluding carboxylic acids is 1. The van der Waals surface area contributed by atoms with E-state index in [0.29, 0.717) is 6.61 Å². The van der Waals surface area contributed by atoms with E-state index in [-0.39, 0.29) is 18.9 Å². The molecule has 0 aromatic heterocycles. The lowest BCUT2D eigenvalue weighted by atomic mass is 10.7. The maximum atomic E-state index is 10.4. The molecule has 0 unspecified atom stereocenters. The monoisotopic (exact) mass is 130 g/mol. The molecule has 0 aromatic carbocycles. The van der Waals surface area contributed by atoms with Crippen molar-refractivity contribution in [3.63, 3.8) is 0 Å². The molecule has 0 bridgehead atoms. The lowest BCUT2D eigenvalue weighted by molar-refractivity contribution is -0.119. The zero-order valence-corrected chi connectivity index (χ0v) is 5.14. The SMILES string of the molecule is CCO[C-]1NC(=O)CO1. The molecule has 1 heterocycles. The minimum Gasteiger partial charge on any atom is -0.501 e. The number of rotatable bonds is 2. The Hall–Kier alpha value is -0.610. The molecule has 9 heavy (non-hydrogen) atoms. The third-order valence-corrected chi connectivity index (χ3v) is 0.851. The smallest absolute Gasteiger partial charge is 0.218 e. The predicted octanol–water partition coefficient (Wildman–Crippen LogP) is -0.384. The van der Waals surface area contributed by atoms with Gasteiger partial charge in [0.25, 0.3) is 0 Å². The van der Waals surface area contributed by atoms with Gasteiger partial charge in [0, 0.05) is 13.0 Å². The molecule has 1 fully saturated rings. The third-order valence-electron chi connectivity index (χ3n) is 0.851. The van der Waals surface area contributed by atoms with Crippen LogP contribution in [0.2, 0.25) is 0 Å². The summed E-state index contributed by atoms with van der Waals surface area (Å²) in [6.45, 7) is 2.41. The van der Waals surface area contributed by atoms with Gasteiger partial charge in [-0.2, -0.15) is 0 Å². The van der Waals surface area contributed by atoms with E-state index in [9.17, 15) is 4.79 Å². The van der Waals surface area contributed by atoms with Gasteiger partial charge >= 0.3 is 0 Å². The van der Waals surface area contributed by atoms with Crippen LogP contribution < -0.4 is 5.32 Å². The molecule has 1 aliphatic rings. The van der Waals surface area contributed by atoms with Gasteiger partial charge in [0.1, 0.15) is 0 Å². The Kier molecular flexibility index (Phi) is 2.02. The topological polar surface area (TPSA) is 47.6 Å². The molecular formula is C5H8NO3-. The fourth-order valence-corrected chi connectivity index (χ4v) is 0.526. The molecule has 0 aliphatic carbocycles. The number of nitrogens with one attached hydrogen (secondary N) is 1. The lowest BCUT2D eigenvalue weighted by Gasteiger charge is -2.23. The van der Waals surface area contributed by atoms with Gasteiger partial charge in [-0.3, -0.25) is 4.79 Å². The lowest BCUT2D eigenvalue weighted by Crippen LogP contribution is -2.21. The van der Waals surface area contributed by atoms with Crippen molar-refractivity contribution in [3.8, 4) is 0 Å². The van der Waals surface area contributed by atoms with E-state index in [0.717, 1.165) is 0 Å². The molecule has 52 valence electrons. The summed E-state index contributed by atoms with van der Waals surface area (Å²) in [4.78, 5) is 10.4. The summed E-state index contributed by atoms with van der Waals surface area (Å²) in [7, 11) is 0. The van der Waals surface area contributed by atoms with Gasteiger partial charge in [0.15, 0.2) is 0 Å². The Bertz CT molecular complexity index is 115. The fraction of sp³-hybridized carbons (Fsp3) is 0.600. The maximum absolute atomic E-state index is 10.4. The fourth-order valence-electron chi connectivity index (χ4n) is 0.526. The molecule has 1 rings (SSSR count). The molecule has 0 saturated carbocycles. The number of ether oxygens (including phenoxy) is 2. The highest BCUT2D eigenvalue weighted by atomic mass is 16.7. The van der Waals surface area contributed by atoms with E-state index in [1.54, 1.807) is 0 Å². The van der Waals surface area contributed by atoms with Crippen molar-refractivity contribution in [2.45, 2.75) is 6.92 Å². The van der Waals surface area contributed by atoms with E-state index in [4.69, 9.17) is 9.47 Å². The van der Waals surface area contributed by atoms with E-state index in [1.165, 1.54) is 0 Å². The van der Waals surface area contributed by atoms with Gasteiger partial charge in [-0.1, -0.05) is 0 Å². The van der Waals surface area contributed by atoms with Crippen LogP contribution in [-0.2, 0) is 14.3 Å². The van der Waals surface area contributed by atoms with Crippen LogP contribution in [0.4, 0.5) is 0 Å². The summed E-state index contributed by atoms with van der Waals surface area (Å²) in [6, 6.07) is 0. The zero-order chi connectivity index (χ0) is 6.69. The molecule has 0 radical (unpaired) electrons. The second kappa shape index (κ2) is 2.80. The highest BCUT2D eigenvalue weighted by Gasteiger charge is 2.08. The van der Waals surface area contributed by atoms with Crippen LogP contribution in [0.1, 0.15) is 6.92 Å². The summed E-state index contributed by atoms with van der Waals surface area (Å²) >= 11 is 0. The first-order valence-electron chi connectivity index (χ1n) is 2.75. The molecular weight excluding hydrogens is 122 g/mol. The van der Waals surface area contributed by atoms with Crippen molar-refractivity contribution >= 4 is 5.91 Å². The van der Waals surface area contributed by atoms with E-state index in [2.05, 4.69) is 5.32 Å². The number of hydrogen-bond donors (Lipinski definition) is 1. The van der Waals surface area contributed by atoms with Gasteiger partial charge in [-0.05, 0) is 6.92 Å². The summed E-state index contributed by atoms with van der Waals surface area (Å²) in [5.74, 6) is -0.154. The van der Waals surface area contributed by atoms with Crippen molar-refractivity contribution in [2.24, 2.45) is 0 Å². The second-order valence-corrected chi connectivity index (χ2v) is 1.56. The second-order valence-electron chi connectivity index (χ2n) is 1.56. The first-order valence-corrected chi connectivity index (χ1v) is 2.75. The van der Waals surface area contributed by atoms with Crippen molar-refractivity contribution in [3.05, 3.63) is 6.41 Å². The molecule has 4 nitrogen and oxygen atoms in total. The minimum absolute atomic E-state index is 0.0787. The number of amides is 1. The Balaban J connectivity index is 2.22. The van der Waals surface area contributed by atoms with Gasteiger partial charge in [-0.15, -0.1) is 0 Å². The minimum atomic E-state index is -0.154. The van der Waals surface area contributed by atoms with E-state index < -0.39 is 0 Å². The van der Waals surface area contributed by atoms with Crippen molar-refractivity contribution < 1.29 is 14.3 Å². The molecule has 0 aromatic rings. The molecule has 1 aliphatic heterocycles. The maximum Gasteiger partial charge on any atom is 0.218 e. The Morgan fingerprint density at radius 2 is 2.78 bits per heavy atom. The average molecular weight is 130 g/mol. The van der Waals surface area contributed by atoms with Crippen LogP contribution in [-0.4, -0.2) is 19.1 Å². The van der Waals surface area contributed by atoms with E-state index in [1.807, 2.05) is 6.92 Å². The van der Waals surface area contributed by atoms with Gasteiger partial charge in [0.05, 0.1) is 6.61 Å². The van der Waals surface area contributed by atoms with E-state index >= 15 is 0 Å². The Morgan fingerprint density at radius 3 is 3.22 bits per heavy atom. The molecule has 0 atom stereocenters. The molecule has 4 heteroatoms. The molecule has 1 saturated heterocycles. The Morgan fingerprint density at radius 1 is 2.00 bits per heavy atom. The Labute approximate surface area is 53.1 Å². The first kappa shape index (κ1) is 6.51. The zero-order valence-electron chi connectivity index (χ0n) is 5.14.